The lowest BCUT2D eigenvalue weighted by molar-refractivity contribution is 0.514. The molecule has 0 spiro atoms. The zero-order valence-electron chi connectivity index (χ0n) is 6.90. The van der Waals surface area contributed by atoms with Crippen LogP contribution in [0.15, 0.2) is 24.0 Å². The molecule has 0 aromatic carbocycles. The lowest BCUT2D eigenvalue weighted by atomic mass is 10.3. The summed E-state index contributed by atoms with van der Waals surface area (Å²) in [5.41, 5.74) is 6.04. The Hall–Kier alpha value is -0.970. The summed E-state index contributed by atoms with van der Waals surface area (Å²) < 4.78 is 23.8. The molecule has 4 nitrogen and oxygen atoms in total. The molecule has 68 valence electrons. The lowest BCUT2D eigenvalue weighted by Crippen LogP contribution is -2.32. The molecule has 0 aromatic rings. The predicted molar refractivity (Wildman–Crippen MR) is 47.6 cm³/mol. The van der Waals surface area contributed by atoms with Crippen LogP contribution in [0.2, 0.25) is 0 Å². The minimum absolute atomic E-state index is 0.102. The summed E-state index contributed by atoms with van der Waals surface area (Å²) in [7, 11) is -3.13. The summed E-state index contributed by atoms with van der Waals surface area (Å²) in [4.78, 5) is 0. The van der Waals surface area contributed by atoms with Crippen molar-refractivity contribution in [1.82, 2.24) is 4.31 Å². The summed E-state index contributed by atoms with van der Waals surface area (Å²) in [6.07, 6.45) is 4.85. The monoisotopic (exact) mass is 188 g/mol. The molecule has 5 heteroatoms. The first-order chi connectivity index (χ1) is 5.56. The van der Waals surface area contributed by atoms with E-state index in [9.17, 15) is 8.42 Å². The maximum absolute atomic E-state index is 11.3. The average Bonchev–Trinajstić information content (AvgIpc) is 2.05. The van der Waals surface area contributed by atoms with E-state index in [1.807, 2.05) is 0 Å². The zero-order valence-corrected chi connectivity index (χ0v) is 7.71. The smallest absolute Gasteiger partial charge is 0.234 e. The minimum atomic E-state index is -3.13. The number of nitrogens with zero attached hydrogens (tertiary/aromatic N) is 1. The van der Waals surface area contributed by atoms with Gasteiger partial charge in [0.1, 0.15) is 0 Å². The van der Waals surface area contributed by atoms with Gasteiger partial charge in [0.25, 0.3) is 0 Å². The second-order valence-electron chi connectivity index (χ2n) is 2.53. The van der Waals surface area contributed by atoms with Gasteiger partial charge in [-0.3, -0.25) is 4.31 Å². The Morgan fingerprint density at radius 2 is 2.33 bits per heavy atom. The second kappa shape index (κ2) is 3.18. The highest BCUT2D eigenvalue weighted by Gasteiger charge is 2.17. The van der Waals surface area contributed by atoms with Crippen LogP contribution in [-0.4, -0.2) is 25.0 Å². The summed E-state index contributed by atoms with van der Waals surface area (Å²) in [6.45, 7) is 1.88. The molecule has 12 heavy (non-hydrogen) atoms. The van der Waals surface area contributed by atoms with Gasteiger partial charge in [-0.05, 0) is 19.1 Å². The van der Waals surface area contributed by atoms with Gasteiger partial charge in [-0.25, -0.2) is 8.42 Å². The molecular formula is C7H12N2O2S. The van der Waals surface area contributed by atoms with Gasteiger partial charge in [0, 0.05) is 11.9 Å². The van der Waals surface area contributed by atoms with Crippen molar-refractivity contribution in [3.8, 4) is 0 Å². The van der Waals surface area contributed by atoms with Crippen LogP contribution in [0.4, 0.5) is 0 Å². The summed E-state index contributed by atoms with van der Waals surface area (Å²) in [5, 5.41) is 0. The van der Waals surface area contributed by atoms with Crippen LogP contribution in [0.25, 0.3) is 0 Å². The fraction of sp³-hybridized carbons (Fsp3) is 0.429. The maximum Gasteiger partial charge on any atom is 0.234 e. The molecule has 0 radical (unpaired) electrons. The number of hydrogen-bond donors (Lipinski definition) is 1. The number of sulfonamides is 1. The predicted octanol–water partition coefficient (Wildman–Crippen LogP) is 0.00800. The van der Waals surface area contributed by atoms with Gasteiger partial charge in [0.05, 0.1) is 12.3 Å². The first kappa shape index (κ1) is 9.12. The molecule has 0 unspecified atom stereocenters. The van der Waals surface area contributed by atoms with Crippen molar-refractivity contribution in [2.75, 3.05) is 12.3 Å². The molecule has 0 aromatic heterocycles. The van der Waals surface area contributed by atoms with E-state index in [0.29, 0.717) is 5.70 Å². The molecular weight excluding hydrogens is 176 g/mol. The Labute approximate surface area is 72.4 Å². The molecule has 0 bridgehead atoms. The van der Waals surface area contributed by atoms with Gasteiger partial charge >= 0.3 is 0 Å². The van der Waals surface area contributed by atoms with Gasteiger partial charge in [0.15, 0.2) is 0 Å². The number of hydrogen-bond acceptors (Lipinski definition) is 3. The van der Waals surface area contributed by atoms with Crippen molar-refractivity contribution >= 4 is 10.0 Å². The Kier molecular flexibility index (Phi) is 2.42. The highest BCUT2D eigenvalue weighted by atomic mass is 32.2. The molecule has 0 aliphatic carbocycles. The molecule has 2 N–H and O–H groups in total. The number of nitrogens with two attached hydrogens (primary N) is 1. The van der Waals surface area contributed by atoms with Crippen LogP contribution < -0.4 is 5.73 Å². The van der Waals surface area contributed by atoms with Gasteiger partial charge in [-0.2, -0.15) is 0 Å². The Morgan fingerprint density at radius 3 is 2.83 bits per heavy atom. The van der Waals surface area contributed by atoms with E-state index < -0.39 is 10.0 Å². The second-order valence-corrected chi connectivity index (χ2v) is 4.74. The molecule has 0 saturated carbocycles. The number of allylic oxidation sites excluding steroid dienone is 2. The van der Waals surface area contributed by atoms with Crippen molar-refractivity contribution in [3.05, 3.63) is 24.0 Å². The highest BCUT2D eigenvalue weighted by molar-refractivity contribution is 7.89. The standard InChI is InChI=1S/C7H12N2O2S/c1-2-12(10,11)9-5-3-4-7(8)6-9/h3-5H,2,6,8H2,1H3. The Bertz CT molecular complexity index is 316. The third kappa shape index (κ3) is 1.79. The molecule has 1 rings (SSSR count). The van der Waals surface area contributed by atoms with Crippen LogP contribution in [0.1, 0.15) is 6.92 Å². The first-order valence-electron chi connectivity index (χ1n) is 3.68. The minimum Gasteiger partial charge on any atom is -0.401 e. The van der Waals surface area contributed by atoms with E-state index in [1.165, 1.54) is 10.5 Å². The van der Waals surface area contributed by atoms with E-state index in [4.69, 9.17) is 5.73 Å². The topological polar surface area (TPSA) is 63.4 Å². The van der Waals surface area contributed by atoms with E-state index in [1.54, 1.807) is 19.1 Å². The number of rotatable bonds is 2. The maximum atomic E-state index is 11.3. The highest BCUT2D eigenvalue weighted by Crippen LogP contribution is 2.08. The third-order valence-corrected chi connectivity index (χ3v) is 3.32. The van der Waals surface area contributed by atoms with Crippen molar-refractivity contribution in [3.63, 3.8) is 0 Å². The summed E-state index contributed by atoms with van der Waals surface area (Å²) in [6, 6.07) is 0. The molecule has 0 fully saturated rings. The molecule has 0 saturated heterocycles. The van der Waals surface area contributed by atoms with Crippen LogP contribution in [0.3, 0.4) is 0 Å². The third-order valence-electron chi connectivity index (χ3n) is 1.62. The van der Waals surface area contributed by atoms with E-state index >= 15 is 0 Å². The average molecular weight is 188 g/mol. The Morgan fingerprint density at radius 1 is 1.67 bits per heavy atom. The van der Waals surface area contributed by atoms with Crippen LogP contribution >= 0.6 is 0 Å². The normalized spacial score (nSPS) is 17.8. The van der Waals surface area contributed by atoms with E-state index in [2.05, 4.69) is 0 Å². The Balaban J connectivity index is 2.82. The van der Waals surface area contributed by atoms with Crippen molar-refractivity contribution in [2.45, 2.75) is 6.92 Å². The van der Waals surface area contributed by atoms with E-state index in [-0.39, 0.29) is 12.3 Å². The van der Waals surface area contributed by atoms with Gasteiger partial charge in [0.2, 0.25) is 10.0 Å². The molecule has 1 aliphatic rings. The van der Waals surface area contributed by atoms with Crippen molar-refractivity contribution in [2.24, 2.45) is 5.73 Å². The van der Waals surface area contributed by atoms with Crippen LogP contribution in [0, 0.1) is 0 Å². The van der Waals surface area contributed by atoms with Crippen LogP contribution in [0.5, 0.6) is 0 Å². The first-order valence-corrected chi connectivity index (χ1v) is 5.29. The van der Waals surface area contributed by atoms with Crippen molar-refractivity contribution < 1.29 is 8.42 Å². The van der Waals surface area contributed by atoms with E-state index in [0.717, 1.165) is 0 Å². The molecule has 0 atom stereocenters. The lowest BCUT2D eigenvalue weighted by Gasteiger charge is -2.21. The molecule has 1 aliphatic heterocycles. The SMILES string of the molecule is CCS(=O)(=O)N1C=CC=C(N)C1. The fourth-order valence-corrected chi connectivity index (χ4v) is 1.84. The quantitative estimate of drug-likeness (QED) is 0.664. The molecule has 1 heterocycles. The zero-order chi connectivity index (χ0) is 9.19. The fourth-order valence-electron chi connectivity index (χ4n) is 0.905. The van der Waals surface area contributed by atoms with Crippen molar-refractivity contribution in [1.29, 1.82) is 0 Å². The summed E-state index contributed by atoms with van der Waals surface area (Å²) in [5.74, 6) is 0.102. The largest absolute Gasteiger partial charge is 0.401 e. The van der Waals surface area contributed by atoms with Gasteiger partial charge in [-0.1, -0.05) is 0 Å². The van der Waals surface area contributed by atoms with Gasteiger partial charge < -0.3 is 5.73 Å². The van der Waals surface area contributed by atoms with Gasteiger partial charge in [-0.15, -0.1) is 0 Å². The molecule has 0 amide bonds. The summed E-state index contributed by atoms with van der Waals surface area (Å²) >= 11 is 0. The van der Waals surface area contributed by atoms with Crippen LogP contribution in [-0.2, 0) is 10.0 Å².